The summed E-state index contributed by atoms with van der Waals surface area (Å²) >= 11 is 0. The number of hydrogen-bond acceptors (Lipinski definition) is 7. The van der Waals surface area contributed by atoms with Crippen LogP contribution in [-0.4, -0.2) is 34.6 Å². The van der Waals surface area contributed by atoms with Gasteiger partial charge < -0.3 is 14.8 Å². The maximum absolute atomic E-state index is 11.4. The van der Waals surface area contributed by atoms with Crippen LogP contribution in [-0.2, 0) is 4.74 Å². The first-order valence-electron chi connectivity index (χ1n) is 7.67. The fourth-order valence-electron chi connectivity index (χ4n) is 3.05. The molecule has 1 aromatic rings. The van der Waals surface area contributed by atoms with Gasteiger partial charge in [-0.25, -0.2) is 4.98 Å². The molecule has 3 rings (SSSR count). The number of methoxy groups -OCH3 is 1. The van der Waals surface area contributed by atoms with Gasteiger partial charge in [-0.2, -0.15) is 4.98 Å². The van der Waals surface area contributed by atoms with Gasteiger partial charge in [-0.3, -0.25) is 10.1 Å². The van der Waals surface area contributed by atoms with Crippen LogP contribution in [0.15, 0.2) is 0 Å². The Morgan fingerprint density at radius 1 is 1.27 bits per heavy atom. The molecule has 8 heteroatoms. The molecule has 0 radical (unpaired) electrons. The lowest BCUT2D eigenvalue weighted by Gasteiger charge is -2.16. The van der Waals surface area contributed by atoms with Crippen LogP contribution in [0, 0.1) is 10.1 Å². The molecule has 22 heavy (non-hydrogen) atoms. The average molecular weight is 308 g/mol. The molecule has 1 unspecified atom stereocenters. The molecule has 1 saturated carbocycles. The van der Waals surface area contributed by atoms with Crippen LogP contribution < -0.4 is 10.1 Å². The highest BCUT2D eigenvalue weighted by molar-refractivity contribution is 5.62. The molecule has 1 aliphatic carbocycles. The monoisotopic (exact) mass is 308 g/mol. The topological polar surface area (TPSA) is 99.4 Å². The highest BCUT2D eigenvalue weighted by Crippen LogP contribution is 2.37. The zero-order valence-electron chi connectivity index (χ0n) is 12.6. The Kier molecular flexibility index (Phi) is 4.37. The second kappa shape index (κ2) is 6.43. The lowest BCUT2D eigenvalue weighted by atomic mass is 10.2. The molecule has 0 aromatic carbocycles. The maximum Gasteiger partial charge on any atom is 0.372 e. The van der Waals surface area contributed by atoms with Crippen molar-refractivity contribution in [2.24, 2.45) is 0 Å². The minimum Gasteiger partial charge on any atom is -0.476 e. The van der Waals surface area contributed by atoms with E-state index in [9.17, 15) is 10.1 Å². The summed E-state index contributed by atoms with van der Waals surface area (Å²) in [4.78, 5) is 19.5. The average Bonchev–Trinajstić information content (AvgIpc) is 3.19. The summed E-state index contributed by atoms with van der Waals surface area (Å²) in [5.74, 6) is 0.695. The Balaban J connectivity index is 1.97. The van der Waals surface area contributed by atoms with Crippen molar-refractivity contribution in [3.05, 3.63) is 15.9 Å². The van der Waals surface area contributed by atoms with E-state index in [4.69, 9.17) is 9.47 Å². The third kappa shape index (κ3) is 2.96. The van der Waals surface area contributed by atoms with E-state index in [1.807, 2.05) is 0 Å². The largest absolute Gasteiger partial charge is 0.476 e. The number of nitrogens with zero attached hydrogens (tertiary/aromatic N) is 3. The fraction of sp³-hybridized carbons (Fsp3) is 0.714. The first-order valence-corrected chi connectivity index (χ1v) is 7.67. The van der Waals surface area contributed by atoms with E-state index in [-0.39, 0.29) is 29.5 Å². The van der Waals surface area contributed by atoms with E-state index in [1.54, 1.807) is 0 Å². The summed E-state index contributed by atoms with van der Waals surface area (Å²) in [5.41, 5.74) is -0.198. The van der Waals surface area contributed by atoms with Crippen molar-refractivity contribution < 1.29 is 14.4 Å². The van der Waals surface area contributed by atoms with Crippen molar-refractivity contribution in [1.29, 1.82) is 0 Å². The van der Waals surface area contributed by atoms with E-state index >= 15 is 0 Å². The van der Waals surface area contributed by atoms with Crippen LogP contribution in [0.2, 0.25) is 0 Å². The smallest absolute Gasteiger partial charge is 0.372 e. The van der Waals surface area contributed by atoms with Crippen LogP contribution in [0.25, 0.3) is 0 Å². The molecular weight excluding hydrogens is 288 g/mol. The van der Waals surface area contributed by atoms with Crippen LogP contribution in [0.4, 0.5) is 11.5 Å². The molecule has 1 saturated heterocycles. The fourth-order valence-corrected chi connectivity index (χ4v) is 3.05. The minimum absolute atomic E-state index is 0.00834. The van der Waals surface area contributed by atoms with Crippen molar-refractivity contribution >= 4 is 11.5 Å². The normalized spacial score (nSPS) is 22.0. The van der Waals surface area contributed by atoms with Crippen LogP contribution in [0.1, 0.15) is 50.5 Å². The molecule has 0 spiro atoms. The van der Waals surface area contributed by atoms with Crippen molar-refractivity contribution in [2.75, 3.05) is 19.0 Å². The van der Waals surface area contributed by atoms with Crippen molar-refractivity contribution in [3.63, 3.8) is 0 Å². The van der Waals surface area contributed by atoms with Gasteiger partial charge in [0.2, 0.25) is 5.82 Å². The molecular formula is C14H20N4O4. The molecule has 8 nitrogen and oxygen atoms in total. The van der Waals surface area contributed by atoms with Gasteiger partial charge in [0.25, 0.3) is 5.88 Å². The summed E-state index contributed by atoms with van der Waals surface area (Å²) in [5, 5.41) is 14.6. The van der Waals surface area contributed by atoms with Gasteiger partial charge in [0, 0.05) is 12.6 Å². The molecule has 1 aliphatic heterocycles. The number of aromatic nitrogens is 2. The van der Waals surface area contributed by atoms with Crippen molar-refractivity contribution in [3.8, 4) is 5.88 Å². The summed E-state index contributed by atoms with van der Waals surface area (Å²) in [6.45, 7) is 0.665. The van der Waals surface area contributed by atoms with Gasteiger partial charge in [-0.15, -0.1) is 0 Å². The number of ether oxygens (including phenoxy) is 2. The van der Waals surface area contributed by atoms with E-state index < -0.39 is 4.92 Å². The lowest BCUT2D eigenvalue weighted by Crippen LogP contribution is -2.19. The summed E-state index contributed by atoms with van der Waals surface area (Å²) in [7, 11) is 1.38. The molecule has 0 amide bonds. The standard InChI is InChI=1S/C14H20N4O4/c1-21-14-11(18(19)20)13(15-9-5-2-3-6-9)16-12(17-14)10-7-4-8-22-10/h9-10H,2-8H2,1H3,(H,15,16,17). The van der Waals surface area contributed by atoms with Crippen LogP contribution >= 0.6 is 0 Å². The second-order valence-electron chi connectivity index (χ2n) is 5.67. The van der Waals surface area contributed by atoms with Gasteiger partial charge in [0.05, 0.1) is 12.0 Å². The number of nitro groups is 1. The van der Waals surface area contributed by atoms with Crippen molar-refractivity contribution in [1.82, 2.24) is 9.97 Å². The molecule has 0 bridgehead atoms. The van der Waals surface area contributed by atoms with Crippen LogP contribution in [0.5, 0.6) is 5.88 Å². The Bertz CT molecular complexity index is 554. The minimum atomic E-state index is -0.491. The Hall–Kier alpha value is -1.96. The molecule has 2 heterocycles. The predicted octanol–water partition coefficient (Wildman–Crippen LogP) is 2.60. The highest BCUT2D eigenvalue weighted by atomic mass is 16.6. The maximum atomic E-state index is 11.4. The highest BCUT2D eigenvalue weighted by Gasteiger charge is 2.31. The van der Waals surface area contributed by atoms with E-state index in [2.05, 4.69) is 15.3 Å². The van der Waals surface area contributed by atoms with Gasteiger partial charge in [-0.05, 0) is 25.7 Å². The lowest BCUT2D eigenvalue weighted by molar-refractivity contribution is -0.385. The quantitative estimate of drug-likeness (QED) is 0.659. The third-order valence-electron chi connectivity index (χ3n) is 4.16. The molecule has 1 aromatic heterocycles. The first-order chi connectivity index (χ1) is 10.7. The van der Waals surface area contributed by atoms with Gasteiger partial charge in [0.1, 0.15) is 6.10 Å². The number of hydrogen-bond donors (Lipinski definition) is 1. The number of anilines is 1. The van der Waals surface area contributed by atoms with Gasteiger partial charge >= 0.3 is 5.69 Å². The van der Waals surface area contributed by atoms with E-state index in [1.165, 1.54) is 7.11 Å². The summed E-state index contributed by atoms with van der Waals surface area (Å²) in [6, 6.07) is 0.218. The van der Waals surface area contributed by atoms with Crippen molar-refractivity contribution in [2.45, 2.75) is 50.7 Å². The predicted molar refractivity (Wildman–Crippen MR) is 79.0 cm³/mol. The Morgan fingerprint density at radius 2 is 2.05 bits per heavy atom. The molecule has 1 N–H and O–H groups in total. The molecule has 2 aliphatic rings. The summed E-state index contributed by atoms with van der Waals surface area (Å²) < 4.78 is 10.7. The van der Waals surface area contributed by atoms with E-state index in [0.717, 1.165) is 38.5 Å². The van der Waals surface area contributed by atoms with Gasteiger partial charge in [0.15, 0.2) is 5.82 Å². The first kappa shape index (κ1) is 15.0. The summed E-state index contributed by atoms with van der Waals surface area (Å²) in [6.07, 6.45) is 5.82. The van der Waals surface area contributed by atoms with E-state index in [0.29, 0.717) is 12.4 Å². The Labute approximate surface area is 128 Å². The third-order valence-corrected chi connectivity index (χ3v) is 4.16. The second-order valence-corrected chi connectivity index (χ2v) is 5.67. The van der Waals surface area contributed by atoms with Gasteiger partial charge in [-0.1, -0.05) is 12.8 Å². The molecule has 1 atom stereocenters. The zero-order chi connectivity index (χ0) is 15.5. The SMILES string of the molecule is COc1nc(C2CCCO2)nc(NC2CCCC2)c1[N+](=O)[O-]. The Morgan fingerprint density at radius 3 is 2.64 bits per heavy atom. The van der Waals surface area contributed by atoms with Crippen LogP contribution in [0.3, 0.4) is 0 Å². The number of nitrogens with one attached hydrogen (secondary N) is 1. The number of rotatable bonds is 5. The molecule has 2 fully saturated rings. The zero-order valence-corrected chi connectivity index (χ0v) is 12.6. The molecule has 120 valence electrons.